The Balaban J connectivity index is 0.00000144. The Hall–Kier alpha value is -0.740. The Morgan fingerprint density at radius 3 is 2.28 bits per heavy atom. The molecule has 2 heterocycles. The molecular weight excluding hydrogens is 356 g/mol. The largest absolute Gasteiger partial charge is 1.00 e. The number of rotatable bonds is 3. The summed E-state index contributed by atoms with van der Waals surface area (Å²) in [5.41, 5.74) is 3.87. The van der Waals surface area contributed by atoms with Crippen molar-refractivity contribution in [3.8, 4) is 11.1 Å². The maximum atomic E-state index is 4.04. The van der Waals surface area contributed by atoms with Crippen LogP contribution < -0.4 is 21.5 Å². The van der Waals surface area contributed by atoms with Crippen LogP contribution in [0.25, 0.3) is 11.1 Å². The molecule has 98 valence electrons. The van der Waals surface area contributed by atoms with E-state index in [4.69, 9.17) is 0 Å². The fourth-order valence-electron chi connectivity index (χ4n) is 1.91. The van der Waals surface area contributed by atoms with Crippen molar-refractivity contribution in [3.63, 3.8) is 0 Å². The molecule has 2 nitrogen and oxygen atoms in total. The summed E-state index contributed by atoms with van der Waals surface area (Å²) in [6.45, 7) is 5.39. The second-order valence-corrected chi connectivity index (χ2v) is 3.78. The van der Waals surface area contributed by atoms with Gasteiger partial charge in [-0.1, -0.05) is 6.92 Å². The van der Waals surface area contributed by atoms with E-state index in [-0.39, 0.29) is 34.0 Å². The maximum Gasteiger partial charge on any atom is 0.181 e. The van der Waals surface area contributed by atoms with Gasteiger partial charge in [-0.2, -0.15) is 0 Å². The minimum atomic E-state index is 0. The van der Waals surface area contributed by atoms with E-state index in [2.05, 4.69) is 41.7 Å². The molecule has 0 aliphatic carbocycles. The fourth-order valence-corrected chi connectivity index (χ4v) is 1.91. The van der Waals surface area contributed by atoms with Crippen LogP contribution in [0.15, 0.2) is 42.9 Å². The molecule has 0 N–H and O–H groups in total. The van der Waals surface area contributed by atoms with Crippen LogP contribution in [-0.4, -0.2) is 4.98 Å². The van der Waals surface area contributed by atoms with Crippen molar-refractivity contribution in [2.45, 2.75) is 26.8 Å². The van der Waals surface area contributed by atoms with Crippen molar-refractivity contribution < 1.29 is 21.5 Å². The van der Waals surface area contributed by atoms with Crippen molar-refractivity contribution in [2.24, 2.45) is 0 Å². The van der Waals surface area contributed by atoms with Crippen LogP contribution in [0.4, 0.5) is 0 Å². The highest BCUT2D eigenvalue weighted by molar-refractivity contribution is 8.93. The third-order valence-corrected chi connectivity index (χ3v) is 2.84. The number of halogens is 2. The van der Waals surface area contributed by atoms with Gasteiger partial charge in [-0.15, -0.1) is 17.0 Å². The molecule has 0 aliphatic heterocycles. The smallest absolute Gasteiger partial charge is 0.181 e. The molecular formula is C14H18Br2N2. The average Bonchev–Trinajstić information content (AvgIpc) is 2.39. The summed E-state index contributed by atoms with van der Waals surface area (Å²) in [5.74, 6) is 0. The van der Waals surface area contributed by atoms with Gasteiger partial charge in [0.2, 0.25) is 0 Å². The van der Waals surface area contributed by atoms with Gasteiger partial charge in [0.25, 0.3) is 0 Å². The highest BCUT2D eigenvalue weighted by Gasteiger charge is 2.08. The first-order valence-electron chi connectivity index (χ1n) is 5.78. The zero-order valence-electron chi connectivity index (χ0n) is 10.6. The summed E-state index contributed by atoms with van der Waals surface area (Å²) in [7, 11) is 0. The summed E-state index contributed by atoms with van der Waals surface area (Å²) in [4.78, 5) is 4.04. The molecule has 0 saturated carbocycles. The molecule has 0 aliphatic rings. The minimum absolute atomic E-state index is 0. The summed E-state index contributed by atoms with van der Waals surface area (Å²) in [6, 6.07) is 8.52. The second-order valence-electron chi connectivity index (χ2n) is 3.78. The molecule has 4 heteroatoms. The van der Waals surface area contributed by atoms with Gasteiger partial charge in [0.1, 0.15) is 6.54 Å². The van der Waals surface area contributed by atoms with Gasteiger partial charge in [-0.3, -0.25) is 4.98 Å². The van der Waals surface area contributed by atoms with Gasteiger partial charge in [0, 0.05) is 30.9 Å². The second kappa shape index (κ2) is 8.38. The van der Waals surface area contributed by atoms with Crippen LogP contribution in [0.2, 0.25) is 0 Å². The lowest BCUT2D eigenvalue weighted by molar-refractivity contribution is -0.700. The van der Waals surface area contributed by atoms with Crippen molar-refractivity contribution in [1.29, 1.82) is 0 Å². The topological polar surface area (TPSA) is 16.8 Å². The third-order valence-electron chi connectivity index (χ3n) is 2.84. The van der Waals surface area contributed by atoms with Crippen molar-refractivity contribution in [3.05, 3.63) is 48.5 Å². The van der Waals surface area contributed by atoms with E-state index in [1.54, 1.807) is 0 Å². The van der Waals surface area contributed by atoms with E-state index in [9.17, 15) is 0 Å². The Bertz CT molecular complexity index is 472. The number of hydrogen-bond donors (Lipinski definition) is 0. The molecule has 2 aromatic rings. The molecule has 0 saturated heterocycles. The van der Waals surface area contributed by atoms with Gasteiger partial charge in [0.05, 0.1) is 0 Å². The van der Waals surface area contributed by atoms with Gasteiger partial charge in [-0.05, 0) is 30.2 Å². The SMILES string of the molecule is Br.CCc1cc(-c2ccncc2)cc[n+]1CC.[Br-]. The van der Waals surface area contributed by atoms with E-state index in [1.807, 2.05) is 24.5 Å². The first-order chi connectivity index (χ1) is 7.85. The van der Waals surface area contributed by atoms with E-state index >= 15 is 0 Å². The highest BCUT2D eigenvalue weighted by atomic mass is 79.9. The molecule has 0 fully saturated rings. The van der Waals surface area contributed by atoms with E-state index in [1.165, 1.54) is 16.8 Å². The number of nitrogens with zero attached hydrogens (tertiary/aromatic N) is 2. The number of aryl methyl sites for hydroxylation is 2. The molecule has 0 aromatic carbocycles. The highest BCUT2D eigenvalue weighted by Crippen LogP contribution is 2.17. The molecule has 0 radical (unpaired) electrons. The van der Waals surface area contributed by atoms with Crippen molar-refractivity contribution in [2.75, 3.05) is 0 Å². The fraction of sp³-hybridized carbons (Fsp3) is 0.286. The van der Waals surface area contributed by atoms with Crippen LogP contribution in [-0.2, 0) is 13.0 Å². The summed E-state index contributed by atoms with van der Waals surface area (Å²) >= 11 is 0. The molecule has 2 rings (SSSR count). The Morgan fingerprint density at radius 2 is 1.72 bits per heavy atom. The van der Waals surface area contributed by atoms with Crippen LogP contribution in [0, 0.1) is 0 Å². The van der Waals surface area contributed by atoms with Gasteiger partial charge in [-0.25, -0.2) is 4.57 Å². The summed E-state index contributed by atoms with van der Waals surface area (Å²) in [5, 5.41) is 0. The van der Waals surface area contributed by atoms with Crippen LogP contribution >= 0.6 is 17.0 Å². The average molecular weight is 374 g/mol. The molecule has 0 atom stereocenters. The zero-order chi connectivity index (χ0) is 11.4. The quantitative estimate of drug-likeness (QED) is 0.702. The standard InChI is InChI=1S/C14H17N2.2BrH/c1-3-14-11-13(7-10-16(14)4-2)12-5-8-15-9-6-12;;/h5-11H,3-4H2,1-2H3;2*1H/q+1;;/p-1. The maximum absolute atomic E-state index is 4.04. The Kier molecular flexibility index (Phi) is 8.03. The van der Waals surface area contributed by atoms with E-state index in [0.717, 1.165) is 13.0 Å². The molecule has 18 heavy (non-hydrogen) atoms. The Labute approximate surface area is 130 Å². The number of hydrogen-bond acceptors (Lipinski definition) is 1. The molecule has 2 aromatic heterocycles. The summed E-state index contributed by atoms with van der Waals surface area (Å²) < 4.78 is 2.28. The third kappa shape index (κ3) is 3.89. The summed E-state index contributed by atoms with van der Waals surface area (Å²) in [6.07, 6.45) is 6.89. The first kappa shape index (κ1) is 17.3. The lowest BCUT2D eigenvalue weighted by atomic mass is 10.1. The van der Waals surface area contributed by atoms with Crippen LogP contribution in [0.1, 0.15) is 19.5 Å². The van der Waals surface area contributed by atoms with Gasteiger partial charge < -0.3 is 17.0 Å². The molecule has 0 unspecified atom stereocenters. The van der Waals surface area contributed by atoms with Gasteiger partial charge in [0.15, 0.2) is 11.9 Å². The number of aromatic nitrogens is 2. The predicted octanol–water partition coefficient (Wildman–Crippen LogP) is 0.200. The van der Waals surface area contributed by atoms with Crippen molar-refractivity contribution in [1.82, 2.24) is 4.98 Å². The van der Waals surface area contributed by atoms with E-state index < -0.39 is 0 Å². The van der Waals surface area contributed by atoms with Crippen LogP contribution in [0.3, 0.4) is 0 Å². The molecule has 0 spiro atoms. The first-order valence-corrected chi connectivity index (χ1v) is 5.78. The lowest BCUT2D eigenvalue weighted by Crippen LogP contribution is -3.00. The predicted molar refractivity (Wildman–Crippen MR) is 75.2 cm³/mol. The minimum Gasteiger partial charge on any atom is -1.00 e. The van der Waals surface area contributed by atoms with Crippen LogP contribution in [0.5, 0.6) is 0 Å². The molecule has 0 bridgehead atoms. The lowest BCUT2D eigenvalue weighted by Gasteiger charge is -2.04. The molecule has 0 amide bonds. The Morgan fingerprint density at radius 1 is 1.06 bits per heavy atom. The van der Waals surface area contributed by atoms with E-state index in [0.29, 0.717) is 0 Å². The number of pyridine rings is 2. The zero-order valence-corrected chi connectivity index (χ0v) is 13.9. The van der Waals surface area contributed by atoms with Crippen molar-refractivity contribution >= 4 is 17.0 Å². The van der Waals surface area contributed by atoms with Gasteiger partial charge >= 0.3 is 0 Å². The normalized spacial score (nSPS) is 9.22. The monoisotopic (exact) mass is 372 g/mol.